The normalized spacial score (nSPS) is 15.0. The lowest BCUT2D eigenvalue weighted by atomic mass is 9.87. The van der Waals surface area contributed by atoms with Crippen LogP contribution in [0.15, 0.2) is 48.8 Å². The van der Waals surface area contributed by atoms with Crippen LogP contribution in [0.5, 0.6) is 17.2 Å². The second-order valence-corrected chi connectivity index (χ2v) is 8.57. The van der Waals surface area contributed by atoms with Crippen LogP contribution in [-0.4, -0.2) is 29.2 Å². The lowest BCUT2D eigenvalue weighted by Crippen LogP contribution is -2.22. The van der Waals surface area contributed by atoms with Gasteiger partial charge in [0, 0.05) is 29.1 Å². The van der Waals surface area contributed by atoms with Crippen LogP contribution in [0.1, 0.15) is 37.8 Å². The Kier molecular flexibility index (Phi) is 5.11. The number of H-pyrrole nitrogens is 1. The van der Waals surface area contributed by atoms with E-state index in [1.165, 1.54) is 0 Å². The molecule has 156 valence electrons. The van der Waals surface area contributed by atoms with Crippen LogP contribution in [0.4, 0.5) is 0 Å². The van der Waals surface area contributed by atoms with E-state index in [-0.39, 0.29) is 24.0 Å². The second-order valence-electron chi connectivity index (χ2n) is 8.57. The third-order valence-electron chi connectivity index (χ3n) is 4.81. The van der Waals surface area contributed by atoms with Crippen molar-refractivity contribution < 1.29 is 14.2 Å². The molecule has 0 amide bonds. The minimum Gasteiger partial charge on any atom is -0.493 e. The molecule has 4 rings (SSSR count). The number of aromatic amines is 1. The molecule has 7 nitrogen and oxygen atoms in total. The number of ether oxygens (including phenoxy) is 3. The van der Waals surface area contributed by atoms with Gasteiger partial charge in [0.15, 0.2) is 0 Å². The highest BCUT2D eigenvalue weighted by atomic mass is 16.5. The summed E-state index contributed by atoms with van der Waals surface area (Å²) < 4.78 is 17.6. The summed E-state index contributed by atoms with van der Waals surface area (Å²) >= 11 is 0. The number of rotatable bonds is 5. The lowest BCUT2D eigenvalue weighted by molar-refractivity contribution is 0.197. The number of fused-ring (bicyclic) bond motifs is 2. The first-order valence-corrected chi connectivity index (χ1v) is 9.85. The van der Waals surface area contributed by atoms with Crippen LogP contribution in [0.25, 0.3) is 11.4 Å². The predicted octanol–water partition coefficient (Wildman–Crippen LogP) is 4.65. The molecule has 1 aliphatic rings. The van der Waals surface area contributed by atoms with E-state index in [1.54, 1.807) is 12.4 Å². The molecule has 7 heteroatoms. The molecule has 2 heterocycles. The van der Waals surface area contributed by atoms with Gasteiger partial charge in [-0.3, -0.25) is 5.41 Å². The second kappa shape index (κ2) is 7.74. The molecule has 0 bridgehead atoms. The molecule has 0 saturated heterocycles. The standard InChI is InChI=1S/C23H26N4O3/c1-23(2,3)13-29-15-5-7-20-17(11-15)18(12-28-22(24)25)16-10-14(4-6-19(16)30-20)21-26-8-9-27-21/h4-11,18H,12-13H2,1-3H3,(H3,24,25)(H,26,27). The summed E-state index contributed by atoms with van der Waals surface area (Å²) in [7, 11) is 0. The Morgan fingerprint density at radius 2 is 1.90 bits per heavy atom. The summed E-state index contributed by atoms with van der Waals surface area (Å²) in [6.07, 6.45) is 3.51. The molecule has 2 aromatic carbocycles. The van der Waals surface area contributed by atoms with Gasteiger partial charge in [0.2, 0.25) is 0 Å². The summed E-state index contributed by atoms with van der Waals surface area (Å²) in [4.78, 5) is 7.47. The molecule has 30 heavy (non-hydrogen) atoms. The van der Waals surface area contributed by atoms with Crippen LogP contribution in [0, 0.1) is 10.8 Å². The number of aromatic nitrogens is 2. The van der Waals surface area contributed by atoms with Crippen molar-refractivity contribution in [3.05, 3.63) is 59.9 Å². The molecule has 1 aromatic heterocycles. The van der Waals surface area contributed by atoms with E-state index in [0.717, 1.165) is 39.8 Å². The third-order valence-corrected chi connectivity index (χ3v) is 4.81. The van der Waals surface area contributed by atoms with Crippen LogP contribution in [0.3, 0.4) is 0 Å². The number of nitrogens with zero attached hydrogens (tertiary/aromatic N) is 1. The average molecular weight is 406 g/mol. The minimum atomic E-state index is -0.313. The van der Waals surface area contributed by atoms with Gasteiger partial charge in [0.05, 0.1) is 12.5 Å². The topological polar surface area (TPSA) is 106 Å². The summed E-state index contributed by atoms with van der Waals surface area (Å²) in [5.41, 5.74) is 8.35. The molecule has 0 radical (unpaired) electrons. The van der Waals surface area contributed by atoms with E-state index < -0.39 is 0 Å². The fraction of sp³-hybridized carbons (Fsp3) is 0.304. The van der Waals surface area contributed by atoms with E-state index in [1.807, 2.05) is 36.4 Å². The highest BCUT2D eigenvalue weighted by molar-refractivity contribution is 5.68. The number of imidazole rings is 1. The highest BCUT2D eigenvalue weighted by Gasteiger charge is 2.29. The van der Waals surface area contributed by atoms with Crippen LogP contribution >= 0.6 is 0 Å². The first-order chi connectivity index (χ1) is 14.3. The monoisotopic (exact) mass is 406 g/mol. The van der Waals surface area contributed by atoms with Gasteiger partial charge in [-0.1, -0.05) is 20.8 Å². The Labute approximate surface area is 175 Å². The van der Waals surface area contributed by atoms with Crippen molar-refractivity contribution in [3.8, 4) is 28.6 Å². The summed E-state index contributed by atoms with van der Waals surface area (Å²) in [6, 6.07) is 11.4. The smallest absolute Gasteiger partial charge is 0.279 e. The first kappa shape index (κ1) is 19.8. The molecule has 1 atom stereocenters. The van der Waals surface area contributed by atoms with E-state index >= 15 is 0 Å². The third kappa shape index (κ3) is 4.25. The van der Waals surface area contributed by atoms with Gasteiger partial charge in [-0.25, -0.2) is 4.98 Å². The summed E-state index contributed by atoms with van der Waals surface area (Å²) in [5, 5.41) is 7.50. The number of hydrogen-bond acceptors (Lipinski definition) is 5. The molecule has 0 spiro atoms. The quantitative estimate of drug-likeness (QED) is 0.422. The molecule has 3 aromatic rings. The molecule has 1 unspecified atom stereocenters. The molecular formula is C23H26N4O3. The van der Waals surface area contributed by atoms with Gasteiger partial charge in [-0.05, 0) is 41.8 Å². The maximum absolute atomic E-state index is 7.50. The first-order valence-electron chi connectivity index (χ1n) is 9.85. The van der Waals surface area contributed by atoms with Crippen molar-refractivity contribution in [2.75, 3.05) is 13.2 Å². The fourth-order valence-corrected chi connectivity index (χ4v) is 3.40. The number of nitrogens with one attached hydrogen (secondary N) is 2. The highest BCUT2D eigenvalue weighted by Crippen LogP contribution is 2.46. The molecular weight excluding hydrogens is 380 g/mol. The molecule has 1 aliphatic heterocycles. The molecule has 0 fully saturated rings. The van der Waals surface area contributed by atoms with Gasteiger partial charge in [-0.2, -0.15) is 0 Å². The SMILES string of the molecule is CC(C)(C)COc1ccc2c(c1)C(COC(=N)N)c1cc(-c3ncc[nH]3)ccc1O2. The van der Waals surface area contributed by atoms with Crippen molar-refractivity contribution in [3.63, 3.8) is 0 Å². The van der Waals surface area contributed by atoms with E-state index in [0.29, 0.717) is 6.61 Å². The van der Waals surface area contributed by atoms with Crippen molar-refractivity contribution >= 4 is 6.02 Å². The molecule has 0 saturated carbocycles. The Hall–Kier alpha value is -3.48. The average Bonchev–Trinajstić information content (AvgIpc) is 3.23. The Bertz CT molecular complexity index is 1050. The Morgan fingerprint density at radius 3 is 2.57 bits per heavy atom. The van der Waals surface area contributed by atoms with E-state index in [2.05, 4.69) is 30.7 Å². The predicted molar refractivity (Wildman–Crippen MR) is 115 cm³/mol. The van der Waals surface area contributed by atoms with E-state index in [4.69, 9.17) is 25.4 Å². The number of benzene rings is 2. The van der Waals surface area contributed by atoms with Gasteiger partial charge < -0.3 is 24.9 Å². The van der Waals surface area contributed by atoms with E-state index in [9.17, 15) is 0 Å². The van der Waals surface area contributed by atoms with Gasteiger partial charge in [-0.15, -0.1) is 0 Å². The zero-order valence-electron chi connectivity index (χ0n) is 17.4. The maximum atomic E-state index is 7.50. The number of amidine groups is 1. The van der Waals surface area contributed by atoms with Crippen molar-refractivity contribution in [2.45, 2.75) is 26.7 Å². The van der Waals surface area contributed by atoms with Crippen molar-refractivity contribution in [2.24, 2.45) is 11.1 Å². The molecule has 4 N–H and O–H groups in total. The largest absolute Gasteiger partial charge is 0.493 e. The minimum absolute atomic E-state index is 0.0497. The molecule has 0 aliphatic carbocycles. The van der Waals surface area contributed by atoms with Gasteiger partial charge >= 0.3 is 0 Å². The zero-order chi connectivity index (χ0) is 21.3. The van der Waals surface area contributed by atoms with Gasteiger partial charge in [0.25, 0.3) is 6.02 Å². The summed E-state index contributed by atoms with van der Waals surface area (Å²) in [5.74, 6) is 2.87. The number of nitrogens with two attached hydrogens (primary N) is 1. The fourth-order valence-electron chi connectivity index (χ4n) is 3.40. The number of hydrogen-bond donors (Lipinski definition) is 3. The maximum Gasteiger partial charge on any atom is 0.279 e. The van der Waals surface area contributed by atoms with Gasteiger partial charge in [0.1, 0.15) is 29.7 Å². The van der Waals surface area contributed by atoms with Crippen molar-refractivity contribution in [1.82, 2.24) is 9.97 Å². The Balaban J connectivity index is 1.72. The zero-order valence-corrected chi connectivity index (χ0v) is 17.4. The van der Waals surface area contributed by atoms with Crippen LogP contribution in [0.2, 0.25) is 0 Å². The van der Waals surface area contributed by atoms with Crippen LogP contribution < -0.4 is 15.2 Å². The Morgan fingerprint density at radius 1 is 1.17 bits per heavy atom. The lowest BCUT2D eigenvalue weighted by Gasteiger charge is -2.29. The van der Waals surface area contributed by atoms with Crippen LogP contribution in [-0.2, 0) is 4.74 Å². The van der Waals surface area contributed by atoms with Crippen molar-refractivity contribution in [1.29, 1.82) is 5.41 Å². The summed E-state index contributed by atoms with van der Waals surface area (Å²) in [6.45, 7) is 7.21.